The summed E-state index contributed by atoms with van der Waals surface area (Å²) in [6.45, 7) is 3.53. The first-order valence-electron chi connectivity index (χ1n) is 7.74. The van der Waals surface area contributed by atoms with Crippen molar-refractivity contribution in [3.8, 4) is 5.75 Å². The fraction of sp³-hybridized carbons (Fsp3) is 0.222. The van der Waals surface area contributed by atoms with Gasteiger partial charge in [0.05, 0.1) is 6.04 Å². The number of primary amides is 1. The summed E-state index contributed by atoms with van der Waals surface area (Å²) in [6, 6.07) is 13.1. The van der Waals surface area contributed by atoms with Gasteiger partial charge in [-0.2, -0.15) is 0 Å². The monoisotopic (exact) mass is 361 g/mol. The molecule has 0 saturated carbocycles. The van der Waals surface area contributed by atoms with E-state index >= 15 is 0 Å². The van der Waals surface area contributed by atoms with Crippen LogP contribution in [0.15, 0.2) is 48.5 Å². The van der Waals surface area contributed by atoms with Gasteiger partial charge < -0.3 is 21.1 Å². The minimum atomic E-state index is -0.670. The Bertz CT molecular complexity index is 749. The molecule has 0 saturated heterocycles. The number of anilines is 1. The lowest BCUT2D eigenvalue weighted by Crippen LogP contribution is -2.37. The van der Waals surface area contributed by atoms with Crippen LogP contribution in [0.5, 0.6) is 5.75 Å². The Kier molecular flexibility index (Phi) is 6.25. The largest absolute Gasteiger partial charge is 0.481 e. The predicted molar refractivity (Wildman–Crippen MR) is 97.7 cm³/mol. The smallest absolute Gasteiger partial charge is 0.316 e. The summed E-state index contributed by atoms with van der Waals surface area (Å²) in [5, 5.41) is 5.91. The summed E-state index contributed by atoms with van der Waals surface area (Å²) >= 11 is 5.90. The minimum absolute atomic E-state index is 0.222. The van der Waals surface area contributed by atoms with Gasteiger partial charge in [0.25, 0.3) is 5.91 Å². The van der Waals surface area contributed by atoms with Crippen LogP contribution >= 0.6 is 11.6 Å². The van der Waals surface area contributed by atoms with Gasteiger partial charge in [0.15, 0.2) is 6.10 Å². The third kappa shape index (κ3) is 5.69. The molecule has 4 N–H and O–H groups in total. The zero-order valence-electron chi connectivity index (χ0n) is 14.0. The van der Waals surface area contributed by atoms with Crippen LogP contribution in [-0.2, 0) is 4.79 Å². The number of halogens is 1. The second-order valence-electron chi connectivity index (χ2n) is 5.56. The molecule has 0 spiro atoms. The maximum absolute atomic E-state index is 12.3. The summed E-state index contributed by atoms with van der Waals surface area (Å²) in [5.74, 6) is 0.288. The van der Waals surface area contributed by atoms with E-state index in [2.05, 4.69) is 10.6 Å². The molecule has 0 heterocycles. The number of nitrogens with one attached hydrogen (secondary N) is 2. The Balaban J connectivity index is 1.93. The maximum Gasteiger partial charge on any atom is 0.316 e. The number of hydrogen-bond acceptors (Lipinski definition) is 3. The van der Waals surface area contributed by atoms with E-state index in [1.54, 1.807) is 55.5 Å². The van der Waals surface area contributed by atoms with E-state index in [1.165, 1.54) is 0 Å². The van der Waals surface area contributed by atoms with Gasteiger partial charge >= 0.3 is 6.03 Å². The summed E-state index contributed by atoms with van der Waals surface area (Å²) in [6.07, 6.45) is -0.670. The van der Waals surface area contributed by atoms with E-state index in [0.29, 0.717) is 16.5 Å². The summed E-state index contributed by atoms with van der Waals surface area (Å²) in [5.41, 5.74) is 6.54. The third-order valence-electron chi connectivity index (χ3n) is 3.52. The molecule has 3 amide bonds. The Morgan fingerprint density at radius 3 is 2.40 bits per heavy atom. The summed E-state index contributed by atoms with van der Waals surface area (Å²) in [7, 11) is 0. The molecule has 0 aliphatic carbocycles. The number of amides is 3. The molecule has 25 heavy (non-hydrogen) atoms. The average Bonchev–Trinajstić information content (AvgIpc) is 2.54. The molecular formula is C18H20ClN3O3. The normalized spacial score (nSPS) is 12.8. The SMILES string of the molecule is C[C@@H](Oc1cccc(Cl)c1)C(=O)N[C@H](C)c1ccc(NC(N)=O)cc1. The number of nitrogens with two attached hydrogens (primary N) is 1. The van der Waals surface area contributed by atoms with Crippen molar-refractivity contribution in [2.45, 2.75) is 26.0 Å². The van der Waals surface area contributed by atoms with Crippen molar-refractivity contribution in [2.75, 3.05) is 5.32 Å². The van der Waals surface area contributed by atoms with Crippen molar-refractivity contribution in [3.63, 3.8) is 0 Å². The molecule has 2 aromatic rings. The van der Waals surface area contributed by atoms with Crippen LogP contribution in [-0.4, -0.2) is 18.0 Å². The molecule has 0 fully saturated rings. The van der Waals surface area contributed by atoms with Crippen molar-refractivity contribution in [2.24, 2.45) is 5.73 Å². The van der Waals surface area contributed by atoms with Crippen molar-refractivity contribution < 1.29 is 14.3 Å². The van der Waals surface area contributed by atoms with E-state index < -0.39 is 12.1 Å². The Labute approximate surface area is 151 Å². The number of hydrogen-bond donors (Lipinski definition) is 3. The van der Waals surface area contributed by atoms with Crippen molar-refractivity contribution in [3.05, 3.63) is 59.1 Å². The average molecular weight is 362 g/mol. The first kappa shape index (κ1) is 18.6. The van der Waals surface area contributed by atoms with Crippen LogP contribution in [0.2, 0.25) is 5.02 Å². The van der Waals surface area contributed by atoms with E-state index in [9.17, 15) is 9.59 Å². The predicted octanol–water partition coefficient (Wildman–Crippen LogP) is 3.48. The maximum atomic E-state index is 12.3. The highest BCUT2D eigenvalue weighted by molar-refractivity contribution is 6.30. The zero-order valence-corrected chi connectivity index (χ0v) is 14.7. The van der Waals surface area contributed by atoms with Gasteiger partial charge in [0.1, 0.15) is 5.75 Å². The van der Waals surface area contributed by atoms with E-state index in [-0.39, 0.29) is 11.9 Å². The highest BCUT2D eigenvalue weighted by Gasteiger charge is 2.18. The fourth-order valence-electron chi connectivity index (χ4n) is 2.21. The molecule has 0 aliphatic rings. The van der Waals surface area contributed by atoms with E-state index in [1.807, 2.05) is 6.92 Å². The van der Waals surface area contributed by atoms with Crippen LogP contribution < -0.4 is 21.1 Å². The minimum Gasteiger partial charge on any atom is -0.481 e. The second-order valence-corrected chi connectivity index (χ2v) is 6.00. The van der Waals surface area contributed by atoms with Gasteiger partial charge in [0, 0.05) is 10.7 Å². The number of rotatable bonds is 6. The highest BCUT2D eigenvalue weighted by Crippen LogP contribution is 2.19. The number of urea groups is 1. The second kappa shape index (κ2) is 8.39. The molecule has 2 rings (SSSR count). The number of carbonyl (C=O) groups is 2. The molecule has 0 aromatic heterocycles. The molecule has 0 bridgehead atoms. The number of ether oxygens (including phenoxy) is 1. The Hall–Kier alpha value is -2.73. The van der Waals surface area contributed by atoms with Crippen LogP contribution in [0.3, 0.4) is 0 Å². The molecule has 6 nitrogen and oxygen atoms in total. The fourth-order valence-corrected chi connectivity index (χ4v) is 2.39. The first-order valence-corrected chi connectivity index (χ1v) is 8.12. The molecule has 7 heteroatoms. The summed E-state index contributed by atoms with van der Waals surface area (Å²) < 4.78 is 5.60. The molecule has 2 aromatic carbocycles. The van der Waals surface area contributed by atoms with Crippen molar-refractivity contribution in [1.29, 1.82) is 0 Å². The lowest BCUT2D eigenvalue weighted by Gasteiger charge is -2.19. The zero-order chi connectivity index (χ0) is 18.4. The molecule has 0 aliphatic heterocycles. The topological polar surface area (TPSA) is 93.4 Å². The molecular weight excluding hydrogens is 342 g/mol. The van der Waals surface area contributed by atoms with Gasteiger partial charge in [-0.1, -0.05) is 29.8 Å². The van der Waals surface area contributed by atoms with Gasteiger partial charge in [-0.15, -0.1) is 0 Å². The van der Waals surface area contributed by atoms with Crippen molar-refractivity contribution >= 4 is 29.2 Å². The molecule has 2 atom stereocenters. The van der Waals surface area contributed by atoms with Crippen molar-refractivity contribution in [1.82, 2.24) is 5.32 Å². The summed E-state index contributed by atoms with van der Waals surface area (Å²) in [4.78, 5) is 23.1. The highest BCUT2D eigenvalue weighted by atomic mass is 35.5. The lowest BCUT2D eigenvalue weighted by atomic mass is 10.1. The van der Waals surface area contributed by atoms with Gasteiger partial charge in [-0.3, -0.25) is 4.79 Å². The van der Waals surface area contributed by atoms with Crippen LogP contribution in [0.25, 0.3) is 0 Å². The third-order valence-corrected chi connectivity index (χ3v) is 3.75. The number of carbonyl (C=O) groups excluding carboxylic acids is 2. The number of benzene rings is 2. The van der Waals surface area contributed by atoms with Gasteiger partial charge in [-0.05, 0) is 49.7 Å². The first-order chi connectivity index (χ1) is 11.8. The molecule has 132 valence electrons. The Morgan fingerprint density at radius 2 is 1.80 bits per heavy atom. The Morgan fingerprint density at radius 1 is 1.12 bits per heavy atom. The van der Waals surface area contributed by atoms with E-state index in [4.69, 9.17) is 22.1 Å². The standard InChI is InChI=1S/C18H20ClN3O3/c1-11(13-6-8-15(9-7-13)22-18(20)24)21-17(23)12(2)25-16-5-3-4-14(19)10-16/h3-12H,1-2H3,(H,21,23)(H3,20,22,24)/t11-,12-/m1/s1. The van der Waals surface area contributed by atoms with Gasteiger partial charge in [-0.25, -0.2) is 4.79 Å². The molecule has 0 radical (unpaired) electrons. The lowest BCUT2D eigenvalue weighted by molar-refractivity contribution is -0.127. The van der Waals surface area contributed by atoms with Crippen LogP contribution in [0.1, 0.15) is 25.5 Å². The molecule has 0 unspecified atom stereocenters. The van der Waals surface area contributed by atoms with E-state index in [0.717, 1.165) is 5.56 Å². The van der Waals surface area contributed by atoms with Gasteiger partial charge in [0.2, 0.25) is 0 Å². The quantitative estimate of drug-likeness (QED) is 0.735. The van der Waals surface area contributed by atoms with Crippen LogP contribution in [0, 0.1) is 0 Å². The van der Waals surface area contributed by atoms with Crippen LogP contribution in [0.4, 0.5) is 10.5 Å².